The molecule has 0 heterocycles. The molecule has 10 heteroatoms. The van der Waals surface area contributed by atoms with Crippen LogP contribution in [0, 0.1) is 11.6 Å². The summed E-state index contributed by atoms with van der Waals surface area (Å²) in [5.41, 5.74) is -0.160. The molecule has 0 aliphatic carbocycles. The van der Waals surface area contributed by atoms with Crippen LogP contribution >= 0.6 is 0 Å². The summed E-state index contributed by atoms with van der Waals surface area (Å²) in [5.74, 6) is -4.70. The number of nitrogens with one attached hydrogen (secondary N) is 1. The molecular weight excluding hydrogens is 377 g/mol. The van der Waals surface area contributed by atoms with E-state index in [0.29, 0.717) is 6.07 Å². The highest BCUT2D eigenvalue weighted by atomic mass is 19.4. The summed E-state index contributed by atoms with van der Waals surface area (Å²) < 4.78 is 70.7. The Morgan fingerprint density at radius 1 is 1.00 bits per heavy atom. The molecule has 0 aliphatic rings. The smallest absolute Gasteiger partial charge is 0.449 e. The lowest BCUT2D eigenvalue weighted by molar-refractivity contribution is -0.274. The van der Waals surface area contributed by atoms with Gasteiger partial charge in [0.1, 0.15) is 5.75 Å². The van der Waals surface area contributed by atoms with Crippen molar-refractivity contribution >= 4 is 17.6 Å². The van der Waals surface area contributed by atoms with Gasteiger partial charge in [0.15, 0.2) is 17.7 Å². The average Bonchev–Trinajstić information content (AvgIpc) is 2.57. The summed E-state index contributed by atoms with van der Waals surface area (Å²) in [6, 6.07) is 6.64. The summed E-state index contributed by atoms with van der Waals surface area (Å²) in [5, 5.41) is 2.32. The highest BCUT2D eigenvalue weighted by molar-refractivity contribution is 5.97. The quantitative estimate of drug-likeness (QED) is 0.619. The second kappa shape index (κ2) is 8.02. The molecule has 0 bridgehead atoms. The molecule has 1 atom stereocenters. The van der Waals surface area contributed by atoms with Crippen molar-refractivity contribution in [2.75, 3.05) is 5.32 Å². The molecule has 27 heavy (non-hydrogen) atoms. The van der Waals surface area contributed by atoms with E-state index >= 15 is 0 Å². The minimum atomic E-state index is -4.84. The first kappa shape index (κ1) is 20.1. The highest BCUT2D eigenvalue weighted by Gasteiger charge is 2.31. The molecule has 0 radical (unpaired) electrons. The standard InChI is InChI=1S/C17H12F5NO4/c1-9(26-16(25)10-2-7-13(18)14(19)8-10)15(24)23-11-3-5-12(6-4-11)27-17(20,21)22/h2-9H,1H3,(H,23,24). The Bertz CT molecular complexity index is 836. The lowest BCUT2D eigenvalue weighted by Crippen LogP contribution is -2.30. The second-order valence-electron chi connectivity index (χ2n) is 5.24. The van der Waals surface area contributed by atoms with Crippen molar-refractivity contribution in [3.05, 3.63) is 59.7 Å². The first-order chi connectivity index (χ1) is 12.5. The number of hydrogen-bond donors (Lipinski definition) is 1. The zero-order valence-electron chi connectivity index (χ0n) is 13.6. The molecule has 0 aromatic heterocycles. The molecule has 0 spiro atoms. The van der Waals surface area contributed by atoms with Crippen molar-refractivity contribution < 1.29 is 41.0 Å². The van der Waals surface area contributed by atoms with Crippen molar-refractivity contribution in [3.8, 4) is 5.75 Å². The minimum Gasteiger partial charge on any atom is -0.449 e. The van der Waals surface area contributed by atoms with Crippen LogP contribution in [-0.2, 0) is 9.53 Å². The van der Waals surface area contributed by atoms with Gasteiger partial charge in [-0.3, -0.25) is 4.79 Å². The molecule has 144 valence electrons. The van der Waals surface area contributed by atoms with Gasteiger partial charge in [-0.05, 0) is 49.4 Å². The second-order valence-corrected chi connectivity index (χ2v) is 5.24. The Balaban J connectivity index is 1.94. The molecule has 0 fully saturated rings. The van der Waals surface area contributed by atoms with Crippen LogP contribution in [-0.4, -0.2) is 24.3 Å². The van der Waals surface area contributed by atoms with Gasteiger partial charge >= 0.3 is 12.3 Å². The monoisotopic (exact) mass is 389 g/mol. The van der Waals surface area contributed by atoms with Crippen LogP contribution in [0.1, 0.15) is 17.3 Å². The molecule has 1 N–H and O–H groups in total. The summed E-state index contributed by atoms with van der Waals surface area (Å²) in [4.78, 5) is 23.8. The highest BCUT2D eigenvalue weighted by Crippen LogP contribution is 2.24. The number of ether oxygens (including phenoxy) is 2. The summed E-state index contributed by atoms with van der Waals surface area (Å²) in [6.07, 6.45) is -6.15. The third-order valence-electron chi connectivity index (χ3n) is 3.16. The van der Waals surface area contributed by atoms with Gasteiger partial charge in [-0.2, -0.15) is 0 Å². The fraction of sp³-hybridized carbons (Fsp3) is 0.176. The predicted molar refractivity (Wildman–Crippen MR) is 83.0 cm³/mol. The number of esters is 1. The molecule has 2 aromatic rings. The Morgan fingerprint density at radius 2 is 1.63 bits per heavy atom. The number of hydrogen-bond acceptors (Lipinski definition) is 4. The van der Waals surface area contributed by atoms with Crippen molar-refractivity contribution in [1.82, 2.24) is 0 Å². The number of carbonyl (C=O) groups excluding carboxylic acids is 2. The maximum absolute atomic E-state index is 13.1. The van der Waals surface area contributed by atoms with Crippen LogP contribution in [0.4, 0.5) is 27.6 Å². The molecule has 1 amide bonds. The lowest BCUT2D eigenvalue weighted by atomic mass is 10.2. The minimum absolute atomic E-state index is 0.130. The molecular formula is C17H12F5NO4. The van der Waals surface area contributed by atoms with Gasteiger partial charge in [0, 0.05) is 5.69 Å². The van der Waals surface area contributed by atoms with E-state index in [1.165, 1.54) is 6.92 Å². The van der Waals surface area contributed by atoms with E-state index in [9.17, 15) is 31.5 Å². The van der Waals surface area contributed by atoms with E-state index in [1.807, 2.05) is 0 Å². The number of alkyl halides is 3. The lowest BCUT2D eigenvalue weighted by Gasteiger charge is -2.14. The van der Waals surface area contributed by atoms with Crippen molar-refractivity contribution in [2.45, 2.75) is 19.4 Å². The Kier molecular flexibility index (Phi) is 5.98. The Labute approximate surface area is 149 Å². The van der Waals surface area contributed by atoms with Crippen LogP contribution in [0.5, 0.6) is 5.75 Å². The van der Waals surface area contributed by atoms with Crippen molar-refractivity contribution in [1.29, 1.82) is 0 Å². The first-order valence-electron chi connectivity index (χ1n) is 7.38. The van der Waals surface area contributed by atoms with Crippen LogP contribution in [0.2, 0.25) is 0 Å². The van der Waals surface area contributed by atoms with E-state index in [-0.39, 0.29) is 11.3 Å². The van der Waals surface area contributed by atoms with Gasteiger partial charge in [-0.25, -0.2) is 13.6 Å². The zero-order chi connectivity index (χ0) is 20.2. The first-order valence-corrected chi connectivity index (χ1v) is 7.38. The van der Waals surface area contributed by atoms with E-state index in [2.05, 4.69) is 10.1 Å². The summed E-state index contributed by atoms with van der Waals surface area (Å²) in [6.45, 7) is 1.23. The maximum atomic E-state index is 13.1. The van der Waals surface area contributed by atoms with E-state index in [0.717, 1.165) is 36.4 Å². The van der Waals surface area contributed by atoms with Gasteiger partial charge in [-0.1, -0.05) is 0 Å². The van der Waals surface area contributed by atoms with E-state index in [1.54, 1.807) is 0 Å². The largest absolute Gasteiger partial charge is 0.573 e. The van der Waals surface area contributed by atoms with Crippen molar-refractivity contribution in [3.63, 3.8) is 0 Å². The average molecular weight is 389 g/mol. The van der Waals surface area contributed by atoms with Crippen molar-refractivity contribution in [2.24, 2.45) is 0 Å². The molecule has 1 unspecified atom stereocenters. The third kappa shape index (κ3) is 5.94. The SMILES string of the molecule is CC(OC(=O)c1ccc(F)c(F)c1)C(=O)Nc1ccc(OC(F)(F)F)cc1. The number of rotatable bonds is 5. The molecule has 0 saturated carbocycles. The fourth-order valence-corrected chi connectivity index (χ4v) is 1.89. The molecule has 5 nitrogen and oxygen atoms in total. The molecule has 2 rings (SSSR count). The normalized spacial score (nSPS) is 12.2. The van der Waals surface area contributed by atoms with Crippen LogP contribution in [0.3, 0.4) is 0 Å². The van der Waals surface area contributed by atoms with Crippen LogP contribution in [0.15, 0.2) is 42.5 Å². The van der Waals surface area contributed by atoms with Gasteiger partial charge in [0.2, 0.25) is 0 Å². The number of halogens is 5. The summed E-state index contributed by atoms with van der Waals surface area (Å²) >= 11 is 0. The van der Waals surface area contributed by atoms with Gasteiger partial charge in [0.05, 0.1) is 5.56 Å². The van der Waals surface area contributed by atoms with Gasteiger partial charge in [0.25, 0.3) is 5.91 Å². The zero-order valence-corrected chi connectivity index (χ0v) is 13.6. The number of amides is 1. The van der Waals surface area contributed by atoms with Gasteiger partial charge < -0.3 is 14.8 Å². The predicted octanol–water partition coefficient (Wildman–Crippen LogP) is 4.05. The van der Waals surface area contributed by atoms with E-state index < -0.39 is 41.7 Å². The Morgan fingerprint density at radius 3 is 2.19 bits per heavy atom. The fourth-order valence-electron chi connectivity index (χ4n) is 1.89. The third-order valence-corrected chi connectivity index (χ3v) is 3.16. The Hall–Kier alpha value is -3.17. The number of carbonyl (C=O) groups is 2. The maximum Gasteiger partial charge on any atom is 0.573 e. The number of benzene rings is 2. The number of anilines is 1. The molecule has 0 saturated heterocycles. The molecule has 2 aromatic carbocycles. The van der Waals surface area contributed by atoms with Gasteiger partial charge in [-0.15, -0.1) is 13.2 Å². The molecule has 0 aliphatic heterocycles. The van der Waals surface area contributed by atoms with Crippen LogP contribution in [0.25, 0.3) is 0 Å². The topological polar surface area (TPSA) is 64.6 Å². The van der Waals surface area contributed by atoms with Crippen LogP contribution < -0.4 is 10.1 Å². The van der Waals surface area contributed by atoms with E-state index in [4.69, 9.17) is 4.74 Å². The summed E-state index contributed by atoms with van der Waals surface area (Å²) in [7, 11) is 0.